The molecule has 132 valence electrons. The molecule has 2 heterocycles. The van der Waals surface area contributed by atoms with Crippen molar-refractivity contribution in [3.63, 3.8) is 0 Å². The largest absolute Gasteiger partial charge is 0.348 e. The molecule has 7 nitrogen and oxygen atoms in total. The minimum atomic E-state index is -0.518. The van der Waals surface area contributed by atoms with Gasteiger partial charge in [0.15, 0.2) is 0 Å². The number of aromatic nitrogens is 1. The summed E-state index contributed by atoms with van der Waals surface area (Å²) in [5, 5.41) is 20.5. The van der Waals surface area contributed by atoms with E-state index < -0.39 is 4.92 Å². The predicted octanol–water partition coefficient (Wildman–Crippen LogP) is 2.70. The van der Waals surface area contributed by atoms with Crippen LogP contribution in [0.3, 0.4) is 0 Å². The lowest BCUT2D eigenvalue weighted by molar-refractivity contribution is -0.384. The second-order valence-electron chi connectivity index (χ2n) is 6.00. The first-order valence-electron chi connectivity index (χ1n) is 8.41. The molecule has 1 aromatic heterocycles. The third-order valence-corrected chi connectivity index (χ3v) is 4.35. The lowest BCUT2D eigenvalue weighted by Gasteiger charge is -2.34. The molecular formula is C19H19N5O2. The van der Waals surface area contributed by atoms with Gasteiger partial charge >= 0.3 is 5.69 Å². The molecule has 1 aliphatic rings. The van der Waals surface area contributed by atoms with Crippen LogP contribution in [0, 0.1) is 21.4 Å². The predicted molar refractivity (Wildman–Crippen MR) is 99.7 cm³/mol. The molecule has 0 saturated carbocycles. The standard InChI is InChI=1S/C19H19N5O2/c20-15-17-8-9-21-19(18(17)24(25)26)23-13-11-22(12-14-23)10-4-7-16-5-2-1-3-6-16/h1-9H,10-14H2. The van der Waals surface area contributed by atoms with Crippen LogP contribution in [-0.4, -0.2) is 47.5 Å². The van der Waals surface area contributed by atoms with E-state index in [1.54, 1.807) is 0 Å². The van der Waals surface area contributed by atoms with Crippen molar-refractivity contribution < 1.29 is 4.92 Å². The van der Waals surface area contributed by atoms with Crippen molar-refractivity contribution in [2.75, 3.05) is 37.6 Å². The van der Waals surface area contributed by atoms with Crippen LogP contribution in [0.25, 0.3) is 6.08 Å². The first-order chi connectivity index (χ1) is 12.7. The molecule has 0 amide bonds. The Labute approximate surface area is 151 Å². The smallest absolute Gasteiger partial charge is 0.329 e. The van der Waals surface area contributed by atoms with Gasteiger partial charge in [-0.2, -0.15) is 5.26 Å². The van der Waals surface area contributed by atoms with Crippen molar-refractivity contribution in [3.05, 3.63) is 69.9 Å². The van der Waals surface area contributed by atoms with Gasteiger partial charge in [-0.1, -0.05) is 42.5 Å². The summed E-state index contributed by atoms with van der Waals surface area (Å²) in [4.78, 5) is 19.2. The summed E-state index contributed by atoms with van der Waals surface area (Å²) in [6.07, 6.45) is 5.67. The molecule has 3 rings (SSSR count). The minimum absolute atomic E-state index is 0.0493. The van der Waals surface area contributed by atoms with Crippen LogP contribution in [0.2, 0.25) is 0 Å². The van der Waals surface area contributed by atoms with Gasteiger partial charge in [0.05, 0.1) is 4.92 Å². The van der Waals surface area contributed by atoms with Gasteiger partial charge < -0.3 is 4.90 Å². The van der Waals surface area contributed by atoms with E-state index >= 15 is 0 Å². The topological polar surface area (TPSA) is 86.3 Å². The zero-order chi connectivity index (χ0) is 18.4. The van der Waals surface area contributed by atoms with E-state index in [2.05, 4.69) is 34.2 Å². The van der Waals surface area contributed by atoms with Crippen LogP contribution in [0.4, 0.5) is 11.5 Å². The molecule has 0 bridgehead atoms. The first-order valence-corrected chi connectivity index (χ1v) is 8.41. The number of nitro groups is 1. The molecule has 0 spiro atoms. The van der Waals surface area contributed by atoms with Gasteiger partial charge in [0.1, 0.15) is 11.6 Å². The van der Waals surface area contributed by atoms with Crippen molar-refractivity contribution in [1.82, 2.24) is 9.88 Å². The van der Waals surface area contributed by atoms with E-state index in [-0.39, 0.29) is 17.1 Å². The van der Waals surface area contributed by atoms with E-state index in [1.807, 2.05) is 29.2 Å². The van der Waals surface area contributed by atoms with E-state index in [1.165, 1.54) is 17.8 Å². The maximum Gasteiger partial charge on any atom is 0.329 e. The van der Waals surface area contributed by atoms with Crippen molar-refractivity contribution in [2.24, 2.45) is 0 Å². The maximum absolute atomic E-state index is 11.4. The number of rotatable bonds is 5. The fraction of sp³-hybridized carbons (Fsp3) is 0.263. The van der Waals surface area contributed by atoms with Crippen molar-refractivity contribution >= 4 is 17.6 Å². The third-order valence-electron chi connectivity index (χ3n) is 4.35. The van der Waals surface area contributed by atoms with E-state index in [0.717, 1.165) is 19.6 Å². The summed E-state index contributed by atoms with van der Waals surface area (Å²) in [6, 6.07) is 13.4. The fourth-order valence-corrected chi connectivity index (χ4v) is 2.99. The van der Waals surface area contributed by atoms with E-state index in [0.29, 0.717) is 13.1 Å². The molecule has 0 aliphatic carbocycles. The number of nitrogens with zero attached hydrogens (tertiary/aromatic N) is 5. The van der Waals surface area contributed by atoms with Gasteiger partial charge in [-0.3, -0.25) is 15.0 Å². The number of anilines is 1. The molecule has 1 saturated heterocycles. The van der Waals surface area contributed by atoms with Gasteiger partial charge in [0.25, 0.3) is 0 Å². The lowest BCUT2D eigenvalue weighted by atomic mass is 10.2. The molecule has 0 unspecified atom stereocenters. The second kappa shape index (κ2) is 8.23. The Kier molecular flexibility index (Phi) is 5.56. The number of pyridine rings is 1. The summed E-state index contributed by atoms with van der Waals surface area (Å²) < 4.78 is 0. The van der Waals surface area contributed by atoms with Crippen molar-refractivity contribution in [3.8, 4) is 6.07 Å². The highest BCUT2D eigenvalue weighted by Crippen LogP contribution is 2.29. The Morgan fingerprint density at radius 1 is 1.19 bits per heavy atom. The molecule has 0 radical (unpaired) electrons. The minimum Gasteiger partial charge on any atom is -0.348 e. The fourth-order valence-electron chi connectivity index (χ4n) is 2.99. The lowest BCUT2D eigenvalue weighted by Crippen LogP contribution is -2.46. The van der Waals surface area contributed by atoms with Gasteiger partial charge in [-0.05, 0) is 11.6 Å². The normalized spacial score (nSPS) is 15.1. The van der Waals surface area contributed by atoms with Gasteiger partial charge in [0, 0.05) is 38.9 Å². The Balaban J connectivity index is 1.62. The average Bonchev–Trinajstić information content (AvgIpc) is 2.68. The summed E-state index contributed by atoms with van der Waals surface area (Å²) in [5.74, 6) is 0.286. The number of piperazine rings is 1. The molecule has 1 aromatic carbocycles. The number of hydrogen-bond acceptors (Lipinski definition) is 6. The quantitative estimate of drug-likeness (QED) is 0.609. The summed E-state index contributed by atoms with van der Waals surface area (Å²) in [6.45, 7) is 3.68. The number of nitriles is 1. The Morgan fingerprint density at radius 3 is 2.58 bits per heavy atom. The highest BCUT2D eigenvalue weighted by atomic mass is 16.6. The van der Waals surface area contributed by atoms with Gasteiger partial charge in [-0.25, -0.2) is 4.98 Å². The number of hydrogen-bond donors (Lipinski definition) is 0. The SMILES string of the molecule is N#Cc1ccnc(N2CCN(CC=Cc3ccccc3)CC2)c1[N+](=O)[O-]. The van der Waals surface area contributed by atoms with Crippen LogP contribution in [0.1, 0.15) is 11.1 Å². The zero-order valence-corrected chi connectivity index (χ0v) is 14.3. The summed E-state index contributed by atoms with van der Waals surface area (Å²) in [7, 11) is 0. The Bertz CT molecular complexity index is 837. The summed E-state index contributed by atoms with van der Waals surface area (Å²) in [5.41, 5.74) is 1.01. The molecule has 7 heteroatoms. The number of benzene rings is 1. The zero-order valence-electron chi connectivity index (χ0n) is 14.3. The molecule has 0 atom stereocenters. The molecule has 26 heavy (non-hydrogen) atoms. The van der Waals surface area contributed by atoms with Gasteiger partial charge in [0.2, 0.25) is 5.82 Å². The highest BCUT2D eigenvalue weighted by Gasteiger charge is 2.27. The molecule has 1 aliphatic heterocycles. The summed E-state index contributed by atoms with van der Waals surface area (Å²) >= 11 is 0. The van der Waals surface area contributed by atoms with E-state index in [9.17, 15) is 10.1 Å². The molecular weight excluding hydrogens is 330 g/mol. The monoisotopic (exact) mass is 349 g/mol. The van der Waals surface area contributed by atoms with Crippen molar-refractivity contribution in [1.29, 1.82) is 5.26 Å². The van der Waals surface area contributed by atoms with Crippen LogP contribution in [-0.2, 0) is 0 Å². The second-order valence-corrected chi connectivity index (χ2v) is 6.00. The molecule has 1 fully saturated rings. The van der Waals surface area contributed by atoms with Crippen molar-refractivity contribution in [2.45, 2.75) is 0 Å². The van der Waals surface area contributed by atoms with Gasteiger partial charge in [-0.15, -0.1) is 0 Å². The first kappa shape index (κ1) is 17.6. The van der Waals surface area contributed by atoms with Crippen LogP contribution >= 0.6 is 0 Å². The van der Waals surface area contributed by atoms with Crippen LogP contribution in [0.5, 0.6) is 0 Å². The molecule has 0 N–H and O–H groups in total. The maximum atomic E-state index is 11.4. The van der Waals surface area contributed by atoms with E-state index in [4.69, 9.17) is 5.26 Å². The average molecular weight is 349 g/mol. The van der Waals surface area contributed by atoms with Crippen LogP contribution < -0.4 is 4.90 Å². The highest BCUT2D eigenvalue weighted by molar-refractivity contribution is 5.65. The van der Waals surface area contributed by atoms with Crippen LogP contribution in [0.15, 0.2) is 48.7 Å². The Hall–Kier alpha value is -3.24. The Morgan fingerprint density at radius 2 is 1.92 bits per heavy atom. The molecule has 2 aromatic rings. The third kappa shape index (κ3) is 4.05.